The topological polar surface area (TPSA) is 20.2 Å². The standard InChI is InChI=1S/C17H27O/c1-12(2)6-15-8-16(7-13(3)4)10-17(9-15)14(5)11-18/h8-10,12-13,18H,6-7,11H2,1-5H3. The maximum Gasteiger partial charge on any atom is 0.0534 e. The molecule has 0 amide bonds. The van der Waals surface area contributed by atoms with Crippen molar-refractivity contribution in [1.29, 1.82) is 0 Å². The van der Waals surface area contributed by atoms with E-state index in [4.69, 9.17) is 0 Å². The van der Waals surface area contributed by atoms with E-state index in [0.717, 1.165) is 18.8 Å². The van der Waals surface area contributed by atoms with Gasteiger partial charge in [0.1, 0.15) is 0 Å². The van der Waals surface area contributed by atoms with Crippen LogP contribution in [0.15, 0.2) is 18.2 Å². The fourth-order valence-electron chi connectivity index (χ4n) is 2.28. The van der Waals surface area contributed by atoms with Gasteiger partial charge in [-0.05, 0) is 41.4 Å². The van der Waals surface area contributed by atoms with E-state index < -0.39 is 0 Å². The van der Waals surface area contributed by atoms with Gasteiger partial charge in [-0.1, -0.05) is 52.8 Å². The smallest absolute Gasteiger partial charge is 0.0534 e. The van der Waals surface area contributed by atoms with Crippen LogP contribution in [-0.4, -0.2) is 11.7 Å². The fourth-order valence-corrected chi connectivity index (χ4v) is 2.28. The Balaban J connectivity index is 3.03. The highest BCUT2D eigenvalue weighted by molar-refractivity contribution is 5.38. The molecule has 18 heavy (non-hydrogen) atoms. The Morgan fingerprint density at radius 2 is 1.39 bits per heavy atom. The van der Waals surface area contributed by atoms with Gasteiger partial charge in [-0.3, -0.25) is 0 Å². The summed E-state index contributed by atoms with van der Waals surface area (Å²) >= 11 is 0. The fraction of sp³-hybridized carbons (Fsp3) is 0.588. The summed E-state index contributed by atoms with van der Waals surface area (Å²) < 4.78 is 0. The summed E-state index contributed by atoms with van der Waals surface area (Å²) in [6, 6.07) is 6.79. The van der Waals surface area contributed by atoms with Gasteiger partial charge in [0.2, 0.25) is 0 Å². The second kappa shape index (κ2) is 6.94. The van der Waals surface area contributed by atoms with Crippen LogP contribution in [0.3, 0.4) is 0 Å². The molecule has 0 fully saturated rings. The van der Waals surface area contributed by atoms with E-state index in [-0.39, 0.29) is 6.61 Å². The van der Waals surface area contributed by atoms with Gasteiger partial charge < -0.3 is 5.11 Å². The second-order valence-electron chi connectivity index (χ2n) is 6.17. The molecule has 1 N–H and O–H groups in total. The van der Waals surface area contributed by atoms with Gasteiger partial charge in [-0.2, -0.15) is 0 Å². The molecule has 0 aromatic heterocycles. The molecular formula is C17H27O. The van der Waals surface area contributed by atoms with Crippen molar-refractivity contribution >= 4 is 0 Å². The number of benzene rings is 1. The molecule has 1 radical (unpaired) electrons. The van der Waals surface area contributed by atoms with E-state index >= 15 is 0 Å². The van der Waals surface area contributed by atoms with Gasteiger partial charge in [0.05, 0.1) is 6.61 Å². The van der Waals surface area contributed by atoms with E-state index in [2.05, 4.69) is 45.9 Å². The first-order valence-electron chi connectivity index (χ1n) is 6.98. The zero-order valence-electron chi connectivity index (χ0n) is 12.5. The zero-order valence-corrected chi connectivity index (χ0v) is 12.5. The van der Waals surface area contributed by atoms with E-state index in [0.29, 0.717) is 11.8 Å². The Kier molecular flexibility index (Phi) is 5.87. The first-order valence-corrected chi connectivity index (χ1v) is 6.98. The average Bonchev–Trinajstić information content (AvgIpc) is 2.25. The molecule has 0 bridgehead atoms. The molecule has 0 atom stereocenters. The molecule has 0 aliphatic carbocycles. The number of aliphatic hydroxyl groups is 1. The first-order chi connectivity index (χ1) is 8.42. The molecule has 1 aromatic rings. The third-order valence-corrected chi connectivity index (χ3v) is 3.07. The second-order valence-corrected chi connectivity index (χ2v) is 6.17. The Hall–Kier alpha value is -0.820. The van der Waals surface area contributed by atoms with Gasteiger partial charge in [-0.15, -0.1) is 0 Å². The van der Waals surface area contributed by atoms with E-state index in [1.807, 2.05) is 6.92 Å². The average molecular weight is 247 g/mol. The van der Waals surface area contributed by atoms with E-state index in [1.54, 1.807) is 0 Å². The SMILES string of the molecule is C[C](CO)c1cc(CC(C)C)cc(CC(C)C)c1. The van der Waals surface area contributed by atoms with Crippen LogP contribution in [0.5, 0.6) is 0 Å². The Morgan fingerprint density at radius 1 is 0.944 bits per heavy atom. The minimum absolute atomic E-state index is 0.145. The molecule has 1 rings (SSSR count). The van der Waals surface area contributed by atoms with Crippen molar-refractivity contribution in [1.82, 2.24) is 0 Å². The third-order valence-electron chi connectivity index (χ3n) is 3.07. The van der Waals surface area contributed by atoms with Crippen LogP contribution in [0.25, 0.3) is 0 Å². The Labute approximate surface area is 112 Å². The molecule has 0 spiro atoms. The van der Waals surface area contributed by atoms with Crippen molar-refractivity contribution < 1.29 is 5.11 Å². The van der Waals surface area contributed by atoms with Crippen molar-refractivity contribution in [3.63, 3.8) is 0 Å². The lowest BCUT2D eigenvalue weighted by molar-refractivity contribution is 0.315. The summed E-state index contributed by atoms with van der Waals surface area (Å²) in [6.07, 6.45) is 2.22. The lowest BCUT2D eigenvalue weighted by atomic mass is 9.91. The maximum atomic E-state index is 9.30. The number of hydrogen-bond acceptors (Lipinski definition) is 1. The van der Waals surface area contributed by atoms with Crippen molar-refractivity contribution in [2.45, 2.75) is 47.5 Å². The van der Waals surface area contributed by atoms with Gasteiger partial charge in [-0.25, -0.2) is 0 Å². The molecule has 101 valence electrons. The summed E-state index contributed by atoms with van der Waals surface area (Å²) in [6.45, 7) is 11.1. The van der Waals surface area contributed by atoms with Crippen LogP contribution in [0.2, 0.25) is 0 Å². The quantitative estimate of drug-likeness (QED) is 0.805. The molecule has 0 aliphatic rings. The van der Waals surface area contributed by atoms with Gasteiger partial charge in [0, 0.05) is 5.92 Å². The number of rotatable bonds is 6. The summed E-state index contributed by atoms with van der Waals surface area (Å²) in [4.78, 5) is 0. The summed E-state index contributed by atoms with van der Waals surface area (Å²) in [7, 11) is 0. The molecule has 0 aliphatic heterocycles. The molecule has 0 unspecified atom stereocenters. The Morgan fingerprint density at radius 3 is 1.72 bits per heavy atom. The van der Waals surface area contributed by atoms with Gasteiger partial charge >= 0.3 is 0 Å². The highest BCUT2D eigenvalue weighted by atomic mass is 16.3. The lowest BCUT2D eigenvalue weighted by Gasteiger charge is -2.15. The largest absolute Gasteiger partial charge is 0.395 e. The van der Waals surface area contributed by atoms with Crippen molar-refractivity contribution in [3.8, 4) is 0 Å². The summed E-state index contributed by atoms with van der Waals surface area (Å²) in [5.74, 6) is 2.40. The van der Waals surface area contributed by atoms with Gasteiger partial charge in [0.25, 0.3) is 0 Å². The predicted octanol–water partition coefficient (Wildman–Crippen LogP) is 4.02. The van der Waals surface area contributed by atoms with Crippen LogP contribution >= 0.6 is 0 Å². The van der Waals surface area contributed by atoms with Crippen molar-refractivity contribution in [2.24, 2.45) is 11.8 Å². The highest BCUT2D eigenvalue weighted by Gasteiger charge is 2.10. The summed E-state index contributed by atoms with van der Waals surface area (Å²) in [5.41, 5.74) is 3.99. The van der Waals surface area contributed by atoms with Crippen LogP contribution < -0.4 is 0 Å². The predicted molar refractivity (Wildman–Crippen MR) is 78.6 cm³/mol. The molecule has 1 nitrogen and oxygen atoms in total. The highest BCUT2D eigenvalue weighted by Crippen LogP contribution is 2.21. The lowest BCUT2D eigenvalue weighted by Crippen LogP contribution is -2.05. The number of hydrogen-bond donors (Lipinski definition) is 1. The Bertz CT molecular complexity index is 338. The molecular weight excluding hydrogens is 220 g/mol. The molecule has 0 saturated carbocycles. The van der Waals surface area contributed by atoms with Crippen LogP contribution in [0.4, 0.5) is 0 Å². The maximum absolute atomic E-state index is 9.30. The number of aliphatic hydroxyl groups excluding tert-OH is 1. The molecule has 1 heteroatoms. The first kappa shape index (κ1) is 15.2. The van der Waals surface area contributed by atoms with Crippen LogP contribution in [-0.2, 0) is 12.8 Å². The molecule has 1 aromatic carbocycles. The third kappa shape index (κ3) is 4.81. The van der Waals surface area contributed by atoms with Crippen LogP contribution in [0, 0.1) is 17.8 Å². The van der Waals surface area contributed by atoms with Crippen LogP contribution in [0.1, 0.15) is 51.3 Å². The van der Waals surface area contributed by atoms with E-state index in [9.17, 15) is 5.11 Å². The van der Waals surface area contributed by atoms with Crippen molar-refractivity contribution in [2.75, 3.05) is 6.61 Å². The monoisotopic (exact) mass is 247 g/mol. The minimum atomic E-state index is 0.145. The normalized spacial score (nSPS) is 11.8. The molecule has 0 saturated heterocycles. The van der Waals surface area contributed by atoms with E-state index in [1.165, 1.54) is 16.7 Å². The zero-order chi connectivity index (χ0) is 13.7. The minimum Gasteiger partial charge on any atom is -0.395 e. The van der Waals surface area contributed by atoms with Gasteiger partial charge in [0.15, 0.2) is 0 Å². The molecule has 0 heterocycles. The summed E-state index contributed by atoms with van der Waals surface area (Å²) in [5, 5.41) is 9.30. The van der Waals surface area contributed by atoms with Crippen molar-refractivity contribution in [3.05, 3.63) is 40.8 Å².